The molecule has 0 aromatic heterocycles. The molecule has 8 heteroatoms. The van der Waals surface area contributed by atoms with Crippen LogP contribution >= 0.6 is 0 Å². The maximum atomic E-state index is 13.5. The number of aliphatic hydroxyl groups is 1. The van der Waals surface area contributed by atoms with Gasteiger partial charge < -0.3 is 25.6 Å². The zero-order chi connectivity index (χ0) is 22.7. The summed E-state index contributed by atoms with van der Waals surface area (Å²) < 4.78 is 32.6. The van der Waals surface area contributed by atoms with Gasteiger partial charge in [0.15, 0.2) is 0 Å². The molecule has 2 aromatic rings. The van der Waals surface area contributed by atoms with Crippen molar-refractivity contribution in [2.45, 2.75) is 49.3 Å². The van der Waals surface area contributed by atoms with E-state index in [0.717, 1.165) is 56.2 Å². The van der Waals surface area contributed by atoms with Gasteiger partial charge in [-0.1, -0.05) is 24.3 Å². The summed E-state index contributed by atoms with van der Waals surface area (Å²) in [5, 5.41) is 25.6. The Hall–Kier alpha value is -2.55. The number of ether oxygens (including phenoxy) is 1. The normalized spacial score (nSPS) is 21.2. The van der Waals surface area contributed by atoms with E-state index in [2.05, 4.69) is 28.8 Å². The smallest absolute Gasteiger partial charge is 0.404 e. The highest BCUT2D eigenvalue weighted by molar-refractivity contribution is 5.65. The van der Waals surface area contributed by atoms with Crippen LogP contribution in [0.3, 0.4) is 0 Å². The van der Waals surface area contributed by atoms with Gasteiger partial charge in [0.2, 0.25) is 0 Å². The molecule has 2 aromatic carbocycles. The number of hydrogen-bond acceptors (Lipinski definition) is 4. The zero-order valence-electron chi connectivity index (χ0n) is 17.7. The van der Waals surface area contributed by atoms with Crippen molar-refractivity contribution in [3.8, 4) is 0 Å². The van der Waals surface area contributed by atoms with Crippen molar-refractivity contribution in [2.75, 3.05) is 19.8 Å². The van der Waals surface area contributed by atoms with Crippen LogP contribution in [0.4, 0.5) is 13.6 Å². The molecule has 2 aliphatic rings. The first-order chi connectivity index (χ1) is 15.3. The Labute approximate surface area is 185 Å². The molecule has 1 aliphatic heterocycles. The zero-order valence-corrected chi connectivity index (χ0v) is 17.7. The van der Waals surface area contributed by atoms with Gasteiger partial charge in [0.25, 0.3) is 0 Å². The fourth-order valence-corrected chi connectivity index (χ4v) is 4.45. The maximum absolute atomic E-state index is 13.5. The van der Waals surface area contributed by atoms with E-state index in [1.807, 2.05) is 6.07 Å². The van der Waals surface area contributed by atoms with Crippen LogP contribution in [0.2, 0.25) is 0 Å². The lowest BCUT2D eigenvalue weighted by molar-refractivity contribution is 0.114. The number of rotatable bonds is 9. The van der Waals surface area contributed by atoms with Gasteiger partial charge in [0.05, 0.1) is 18.8 Å². The molecule has 172 valence electrons. The topological polar surface area (TPSA) is 90.8 Å². The van der Waals surface area contributed by atoms with Gasteiger partial charge in [0, 0.05) is 30.7 Å². The molecule has 3 unspecified atom stereocenters. The predicted molar refractivity (Wildman–Crippen MR) is 115 cm³/mol. The van der Waals surface area contributed by atoms with E-state index in [0.29, 0.717) is 5.92 Å². The van der Waals surface area contributed by atoms with Crippen LogP contribution in [-0.4, -0.2) is 48.2 Å². The lowest BCUT2D eigenvalue weighted by Crippen LogP contribution is -2.49. The van der Waals surface area contributed by atoms with Gasteiger partial charge in [-0.3, -0.25) is 0 Å². The summed E-state index contributed by atoms with van der Waals surface area (Å²) in [7, 11) is 0. The molecule has 6 nitrogen and oxygen atoms in total. The van der Waals surface area contributed by atoms with Crippen molar-refractivity contribution in [1.29, 1.82) is 0 Å². The number of aliphatic hydroxyl groups excluding tert-OH is 1. The number of amides is 1. The molecule has 1 saturated heterocycles. The quantitative estimate of drug-likeness (QED) is 0.475. The van der Waals surface area contributed by atoms with Crippen molar-refractivity contribution >= 4 is 6.09 Å². The summed E-state index contributed by atoms with van der Waals surface area (Å²) in [4.78, 5) is 11.2. The standard InChI is InChI=1S/C24H28F2N2O4/c25-19-8-15(9-20(26)12-19)10-21(28-23(30)31)22(29)13-27-24(5-6-24)18-3-1-2-16(11-18)17-4-7-32-14-17/h1-3,8-9,11-12,17,21-22,27-29H,4-7,10,13-14H2,(H,30,31). The van der Waals surface area contributed by atoms with Crippen LogP contribution < -0.4 is 10.6 Å². The summed E-state index contributed by atoms with van der Waals surface area (Å²) in [6.45, 7) is 1.64. The first-order valence-electron chi connectivity index (χ1n) is 10.9. The number of carboxylic acid groups (broad SMARTS) is 1. The summed E-state index contributed by atoms with van der Waals surface area (Å²) in [5.41, 5.74) is 2.40. The Bertz CT molecular complexity index is 941. The van der Waals surface area contributed by atoms with Crippen molar-refractivity contribution in [3.63, 3.8) is 0 Å². The molecule has 4 N–H and O–H groups in total. The molecule has 0 spiro atoms. The second-order valence-corrected chi connectivity index (χ2v) is 8.75. The fourth-order valence-electron chi connectivity index (χ4n) is 4.45. The Kier molecular flexibility index (Phi) is 6.74. The Morgan fingerprint density at radius 2 is 1.94 bits per heavy atom. The lowest BCUT2D eigenvalue weighted by Gasteiger charge is -2.27. The van der Waals surface area contributed by atoms with E-state index in [1.54, 1.807) is 0 Å². The van der Waals surface area contributed by atoms with Gasteiger partial charge in [-0.25, -0.2) is 13.6 Å². The number of carbonyl (C=O) groups is 1. The van der Waals surface area contributed by atoms with Gasteiger partial charge >= 0.3 is 6.09 Å². The Morgan fingerprint density at radius 3 is 2.56 bits per heavy atom. The molecule has 1 amide bonds. The largest absolute Gasteiger partial charge is 0.465 e. The highest BCUT2D eigenvalue weighted by atomic mass is 19.1. The van der Waals surface area contributed by atoms with Crippen LogP contribution in [0.25, 0.3) is 0 Å². The molecule has 3 atom stereocenters. The SMILES string of the molecule is O=C(O)NC(Cc1cc(F)cc(F)c1)C(O)CNC1(c2cccc(C3CCOC3)c2)CC1. The van der Waals surface area contributed by atoms with E-state index in [1.165, 1.54) is 5.56 Å². The van der Waals surface area contributed by atoms with Crippen molar-refractivity contribution < 1.29 is 28.5 Å². The Balaban J connectivity index is 1.42. The third-order valence-corrected chi connectivity index (χ3v) is 6.39. The molecular weight excluding hydrogens is 418 g/mol. The van der Waals surface area contributed by atoms with Crippen LogP contribution in [0.5, 0.6) is 0 Å². The third kappa shape index (κ3) is 5.43. The molecule has 4 rings (SSSR count). The molecular formula is C24H28F2N2O4. The van der Waals surface area contributed by atoms with E-state index < -0.39 is 29.9 Å². The van der Waals surface area contributed by atoms with Crippen LogP contribution in [0, 0.1) is 11.6 Å². The number of halogens is 2. The monoisotopic (exact) mass is 446 g/mol. The predicted octanol–water partition coefficient (Wildman–Crippen LogP) is 3.29. The maximum Gasteiger partial charge on any atom is 0.404 e. The van der Waals surface area contributed by atoms with E-state index in [4.69, 9.17) is 4.74 Å². The molecule has 1 heterocycles. The molecule has 1 aliphatic carbocycles. The van der Waals surface area contributed by atoms with Crippen LogP contribution in [0.15, 0.2) is 42.5 Å². The first kappa shape index (κ1) is 22.6. The van der Waals surface area contributed by atoms with Gasteiger partial charge in [-0.15, -0.1) is 0 Å². The van der Waals surface area contributed by atoms with Gasteiger partial charge in [0.1, 0.15) is 11.6 Å². The summed E-state index contributed by atoms with van der Waals surface area (Å²) in [6, 6.07) is 10.5. The average Bonchev–Trinajstić information content (AvgIpc) is 3.33. The number of benzene rings is 2. The average molecular weight is 446 g/mol. The number of hydrogen-bond donors (Lipinski definition) is 4. The second-order valence-electron chi connectivity index (χ2n) is 8.75. The fraction of sp³-hybridized carbons (Fsp3) is 0.458. The first-order valence-corrected chi connectivity index (χ1v) is 10.9. The van der Waals surface area contributed by atoms with Crippen molar-refractivity contribution in [2.24, 2.45) is 0 Å². The van der Waals surface area contributed by atoms with Gasteiger partial charge in [-0.2, -0.15) is 0 Å². The highest BCUT2D eigenvalue weighted by Crippen LogP contribution is 2.46. The Morgan fingerprint density at radius 1 is 1.19 bits per heavy atom. The van der Waals surface area contributed by atoms with Crippen molar-refractivity contribution in [1.82, 2.24) is 10.6 Å². The highest BCUT2D eigenvalue weighted by Gasteiger charge is 2.44. The molecule has 1 saturated carbocycles. The second kappa shape index (κ2) is 9.52. The number of nitrogens with one attached hydrogen (secondary N) is 2. The summed E-state index contributed by atoms with van der Waals surface area (Å²) in [5.74, 6) is -1.09. The van der Waals surface area contributed by atoms with E-state index in [9.17, 15) is 23.8 Å². The van der Waals surface area contributed by atoms with E-state index >= 15 is 0 Å². The minimum Gasteiger partial charge on any atom is -0.465 e. The molecule has 0 bridgehead atoms. The van der Waals surface area contributed by atoms with Gasteiger partial charge in [-0.05, 0) is 54.5 Å². The van der Waals surface area contributed by atoms with E-state index in [-0.39, 0.29) is 24.1 Å². The minimum absolute atomic E-state index is 0.0337. The third-order valence-electron chi connectivity index (χ3n) is 6.39. The van der Waals surface area contributed by atoms with Crippen LogP contribution in [0.1, 0.15) is 41.9 Å². The van der Waals surface area contributed by atoms with Crippen LogP contribution in [-0.2, 0) is 16.7 Å². The molecule has 2 fully saturated rings. The van der Waals surface area contributed by atoms with Crippen molar-refractivity contribution in [3.05, 3.63) is 70.8 Å². The summed E-state index contributed by atoms with van der Waals surface area (Å²) in [6.07, 6.45) is 0.409. The lowest BCUT2D eigenvalue weighted by atomic mass is 9.93. The molecule has 0 radical (unpaired) electrons. The summed E-state index contributed by atoms with van der Waals surface area (Å²) >= 11 is 0. The molecule has 32 heavy (non-hydrogen) atoms. The minimum atomic E-state index is -1.31.